The van der Waals surface area contributed by atoms with Crippen LogP contribution in [0.4, 0.5) is 5.69 Å². The van der Waals surface area contributed by atoms with E-state index < -0.39 is 0 Å². The molecule has 1 aromatic rings. The Kier molecular flexibility index (Phi) is 2.52. The van der Waals surface area contributed by atoms with Gasteiger partial charge < -0.3 is 10.0 Å². The molecule has 2 aliphatic rings. The fraction of sp³-hybridized carbons (Fsp3) is 0.583. The van der Waals surface area contributed by atoms with Crippen molar-refractivity contribution in [2.24, 2.45) is 0 Å². The zero-order chi connectivity index (χ0) is 11.1. The Morgan fingerprint density at radius 1 is 1.31 bits per heavy atom. The zero-order valence-electron chi connectivity index (χ0n) is 9.01. The number of hydrogen-bond donors (Lipinski definition) is 1. The SMILES string of the molecule is OC1CC2CCC(C1)N2c1ccnc(Cl)c1. The van der Waals surface area contributed by atoms with Crippen LogP contribution in [0.25, 0.3) is 0 Å². The van der Waals surface area contributed by atoms with Crippen molar-refractivity contribution in [3.8, 4) is 0 Å². The molecule has 2 fully saturated rings. The molecule has 2 saturated heterocycles. The first-order chi connectivity index (χ1) is 7.74. The maximum absolute atomic E-state index is 9.74. The molecule has 0 aliphatic carbocycles. The largest absolute Gasteiger partial charge is 0.393 e. The average molecular weight is 239 g/mol. The Balaban J connectivity index is 1.91. The van der Waals surface area contributed by atoms with Gasteiger partial charge in [-0.1, -0.05) is 11.6 Å². The van der Waals surface area contributed by atoms with E-state index >= 15 is 0 Å². The van der Waals surface area contributed by atoms with Gasteiger partial charge in [0, 0.05) is 24.0 Å². The van der Waals surface area contributed by atoms with E-state index in [2.05, 4.69) is 9.88 Å². The molecule has 16 heavy (non-hydrogen) atoms. The minimum atomic E-state index is -0.119. The van der Waals surface area contributed by atoms with Crippen molar-refractivity contribution in [2.45, 2.75) is 43.9 Å². The fourth-order valence-corrected chi connectivity index (χ4v) is 3.29. The Bertz CT molecular complexity index is 384. The van der Waals surface area contributed by atoms with E-state index in [-0.39, 0.29) is 6.10 Å². The van der Waals surface area contributed by atoms with Crippen LogP contribution in [0.2, 0.25) is 5.15 Å². The van der Waals surface area contributed by atoms with Crippen molar-refractivity contribution in [3.63, 3.8) is 0 Å². The van der Waals surface area contributed by atoms with E-state index in [1.807, 2.05) is 12.1 Å². The van der Waals surface area contributed by atoms with Crippen LogP contribution in [0.3, 0.4) is 0 Å². The van der Waals surface area contributed by atoms with Crippen molar-refractivity contribution in [2.75, 3.05) is 4.90 Å². The molecule has 0 saturated carbocycles. The topological polar surface area (TPSA) is 36.4 Å². The number of piperidine rings is 1. The number of fused-ring (bicyclic) bond motifs is 2. The molecule has 0 spiro atoms. The number of anilines is 1. The predicted octanol–water partition coefficient (Wildman–Crippen LogP) is 2.23. The summed E-state index contributed by atoms with van der Waals surface area (Å²) >= 11 is 5.92. The second kappa shape index (κ2) is 3.90. The normalized spacial score (nSPS) is 33.1. The van der Waals surface area contributed by atoms with E-state index in [0.717, 1.165) is 18.5 Å². The van der Waals surface area contributed by atoms with Gasteiger partial charge in [0.15, 0.2) is 0 Å². The summed E-state index contributed by atoms with van der Waals surface area (Å²) in [5, 5.41) is 10.3. The van der Waals surface area contributed by atoms with Gasteiger partial charge in [0.25, 0.3) is 0 Å². The summed E-state index contributed by atoms with van der Waals surface area (Å²) in [6, 6.07) is 4.89. The molecule has 2 atom stereocenters. The zero-order valence-corrected chi connectivity index (χ0v) is 9.77. The summed E-state index contributed by atoms with van der Waals surface area (Å²) in [6.45, 7) is 0. The van der Waals surface area contributed by atoms with Crippen LogP contribution in [0.1, 0.15) is 25.7 Å². The number of pyridine rings is 1. The van der Waals surface area contributed by atoms with Gasteiger partial charge in [-0.3, -0.25) is 0 Å². The van der Waals surface area contributed by atoms with Crippen LogP contribution in [0.15, 0.2) is 18.3 Å². The number of hydrogen-bond acceptors (Lipinski definition) is 3. The third kappa shape index (κ3) is 1.68. The summed E-state index contributed by atoms with van der Waals surface area (Å²) in [6.07, 6.45) is 5.77. The van der Waals surface area contributed by atoms with Gasteiger partial charge in [0.05, 0.1) is 6.10 Å². The molecule has 2 bridgehead atoms. The first-order valence-electron chi connectivity index (χ1n) is 5.82. The average Bonchev–Trinajstić information content (AvgIpc) is 2.51. The highest BCUT2D eigenvalue weighted by Crippen LogP contribution is 2.39. The number of aromatic nitrogens is 1. The molecule has 3 heterocycles. The lowest BCUT2D eigenvalue weighted by molar-refractivity contribution is 0.126. The maximum atomic E-state index is 9.74. The summed E-state index contributed by atoms with van der Waals surface area (Å²) in [7, 11) is 0. The number of aliphatic hydroxyl groups is 1. The lowest BCUT2D eigenvalue weighted by Gasteiger charge is -2.39. The molecule has 3 nitrogen and oxygen atoms in total. The standard InChI is InChI=1S/C12H15ClN2O/c13-12-7-10(3-4-14-12)15-8-1-2-9(15)6-11(16)5-8/h3-4,7-9,11,16H,1-2,5-6H2. The van der Waals surface area contributed by atoms with Crippen molar-refractivity contribution in [3.05, 3.63) is 23.5 Å². The van der Waals surface area contributed by atoms with Crippen molar-refractivity contribution in [1.82, 2.24) is 4.98 Å². The first-order valence-corrected chi connectivity index (χ1v) is 6.20. The Labute approximate surface area is 100 Å². The minimum Gasteiger partial charge on any atom is -0.393 e. The highest BCUT2D eigenvalue weighted by molar-refractivity contribution is 6.29. The van der Waals surface area contributed by atoms with Crippen LogP contribution < -0.4 is 4.90 Å². The molecule has 1 N–H and O–H groups in total. The predicted molar refractivity (Wildman–Crippen MR) is 63.8 cm³/mol. The van der Waals surface area contributed by atoms with E-state index in [1.54, 1.807) is 6.20 Å². The Hall–Kier alpha value is -0.800. The molecular weight excluding hydrogens is 224 g/mol. The van der Waals surface area contributed by atoms with E-state index in [1.165, 1.54) is 12.8 Å². The minimum absolute atomic E-state index is 0.119. The highest BCUT2D eigenvalue weighted by Gasteiger charge is 2.40. The monoisotopic (exact) mass is 238 g/mol. The van der Waals surface area contributed by atoms with Gasteiger partial charge in [0.2, 0.25) is 0 Å². The molecule has 86 valence electrons. The van der Waals surface area contributed by atoms with Gasteiger partial charge in [-0.2, -0.15) is 0 Å². The van der Waals surface area contributed by atoms with Crippen molar-refractivity contribution < 1.29 is 5.11 Å². The first kappa shape index (κ1) is 10.4. The van der Waals surface area contributed by atoms with Gasteiger partial charge in [-0.25, -0.2) is 4.98 Å². The molecule has 0 aromatic carbocycles. The van der Waals surface area contributed by atoms with Crippen LogP contribution in [-0.4, -0.2) is 28.3 Å². The number of halogens is 1. The summed E-state index contributed by atoms with van der Waals surface area (Å²) < 4.78 is 0. The van der Waals surface area contributed by atoms with Gasteiger partial charge in [0.1, 0.15) is 5.15 Å². The summed E-state index contributed by atoms with van der Waals surface area (Å²) in [4.78, 5) is 6.43. The van der Waals surface area contributed by atoms with Crippen LogP contribution in [-0.2, 0) is 0 Å². The molecular formula is C12H15ClN2O. The third-order valence-corrected chi connectivity index (χ3v) is 3.92. The fourth-order valence-electron chi connectivity index (χ4n) is 3.12. The molecule has 0 amide bonds. The van der Waals surface area contributed by atoms with E-state index in [9.17, 15) is 5.11 Å². The van der Waals surface area contributed by atoms with Gasteiger partial charge in [-0.15, -0.1) is 0 Å². The lowest BCUT2D eigenvalue weighted by Crippen LogP contribution is -2.44. The Morgan fingerprint density at radius 3 is 2.62 bits per heavy atom. The summed E-state index contributed by atoms with van der Waals surface area (Å²) in [5.74, 6) is 0. The van der Waals surface area contributed by atoms with E-state index in [4.69, 9.17) is 11.6 Å². The molecule has 2 aliphatic heterocycles. The second-order valence-corrected chi connectivity index (χ2v) is 5.14. The molecule has 2 unspecified atom stereocenters. The molecule has 0 radical (unpaired) electrons. The quantitative estimate of drug-likeness (QED) is 0.763. The van der Waals surface area contributed by atoms with Gasteiger partial charge >= 0.3 is 0 Å². The summed E-state index contributed by atoms with van der Waals surface area (Å²) in [5.41, 5.74) is 1.15. The van der Waals surface area contributed by atoms with Crippen molar-refractivity contribution >= 4 is 17.3 Å². The second-order valence-electron chi connectivity index (χ2n) is 4.75. The number of aliphatic hydroxyl groups excluding tert-OH is 1. The maximum Gasteiger partial charge on any atom is 0.131 e. The number of rotatable bonds is 1. The number of nitrogens with zero attached hydrogens (tertiary/aromatic N) is 2. The van der Waals surface area contributed by atoms with Crippen LogP contribution >= 0.6 is 11.6 Å². The smallest absolute Gasteiger partial charge is 0.131 e. The molecule has 1 aromatic heterocycles. The van der Waals surface area contributed by atoms with Crippen molar-refractivity contribution in [1.29, 1.82) is 0 Å². The van der Waals surface area contributed by atoms with Gasteiger partial charge in [-0.05, 0) is 37.8 Å². The third-order valence-electron chi connectivity index (χ3n) is 3.72. The Morgan fingerprint density at radius 2 is 2.00 bits per heavy atom. The van der Waals surface area contributed by atoms with E-state index in [0.29, 0.717) is 17.2 Å². The highest BCUT2D eigenvalue weighted by atomic mass is 35.5. The molecule has 4 heteroatoms. The van der Waals surface area contributed by atoms with Crippen LogP contribution in [0, 0.1) is 0 Å². The van der Waals surface area contributed by atoms with Crippen LogP contribution in [0.5, 0.6) is 0 Å². The lowest BCUT2D eigenvalue weighted by atomic mass is 9.99. The molecule has 3 rings (SSSR count).